The van der Waals surface area contributed by atoms with Gasteiger partial charge in [-0.2, -0.15) is 0 Å². The molecule has 0 aliphatic heterocycles. The van der Waals surface area contributed by atoms with E-state index in [0.29, 0.717) is 16.5 Å². The van der Waals surface area contributed by atoms with E-state index in [1.807, 2.05) is 6.07 Å². The van der Waals surface area contributed by atoms with Crippen molar-refractivity contribution in [2.24, 2.45) is 5.73 Å². The molecule has 1 unspecified atom stereocenters. The average Bonchev–Trinajstić information content (AvgIpc) is 2.50. The van der Waals surface area contributed by atoms with Crippen molar-refractivity contribution in [3.63, 3.8) is 0 Å². The first kappa shape index (κ1) is 18.1. The first-order valence-corrected chi connectivity index (χ1v) is 8.18. The molecule has 0 spiro atoms. The molecular formula is C17H28ClNO2. The molecule has 0 fully saturated rings. The van der Waals surface area contributed by atoms with E-state index in [0.717, 1.165) is 18.4 Å². The zero-order valence-corrected chi connectivity index (χ0v) is 14.2. The van der Waals surface area contributed by atoms with E-state index < -0.39 is 0 Å². The zero-order valence-electron chi connectivity index (χ0n) is 13.5. The Balaban J connectivity index is 2.55. The van der Waals surface area contributed by atoms with E-state index in [4.69, 9.17) is 26.8 Å². The Kier molecular flexibility index (Phi) is 8.55. The van der Waals surface area contributed by atoms with Crippen molar-refractivity contribution >= 4 is 11.6 Å². The average molecular weight is 314 g/mol. The van der Waals surface area contributed by atoms with Crippen LogP contribution in [0.2, 0.25) is 5.02 Å². The molecule has 0 saturated carbocycles. The lowest BCUT2D eigenvalue weighted by Crippen LogP contribution is -2.11. The highest BCUT2D eigenvalue weighted by Gasteiger charge is 2.15. The summed E-state index contributed by atoms with van der Waals surface area (Å²) in [6, 6.07) is 3.61. The van der Waals surface area contributed by atoms with Crippen LogP contribution in [-0.4, -0.2) is 14.2 Å². The second-order valence-corrected chi connectivity index (χ2v) is 5.80. The molecule has 1 aromatic carbocycles. The molecule has 2 N–H and O–H groups in total. The monoisotopic (exact) mass is 313 g/mol. The third-order valence-corrected chi connectivity index (χ3v) is 4.10. The Morgan fingerprint density at radius 2 is 1.57 bits per heavy atom. The van der Waals surface area contributed by atoms with Gasteiger partial charge in [0.2, 0.25) is 0 Å². The maximum absolute atomic E-state index is 6.30. The molecule has 21 heavy (non-hydrogen) atoms. The summed E-state index contributed by atoms with van der Waals surface area (Å²) in [5, 5.41) is 0.645. The lowest BCUT2D eigenvalue weighted by Gasteiger charge is -2.17. The number of ether oxygens (including phenoxy) is 2. The maximum Gasteiger partial charge on any atom is 0.162 e. The fraction of sp³-hybridized carbons (Fsp3) is 0.647. The number of benzene rings is 1. The van der Waals surface area contributed by atoms with Gasteiger partial charge in [-0.15, -0.1) is 0 Å². The van der Waals surface area contributed by atoms with Crippen molar-refractivity contribution in [3.8, 4) is 11.5 Å². The van der Waals surface area contributed by atoms with Gasteiger partial charge in [0.25, 0.3) is 0 Å². The van der Waals surface area contributed by atoms with Crippen LogP contribution in [0.5, 0.6) is 11.5 Å². The van der Waals surface area contributed by atoms with Crippen molar-refractivity contribution in [2.45, 2.75) is 57.9 Å². The summed E-state index contributed by atoms with van der Waals surface area (Å²) in [6.07, 6.45) is 8.53. The largest absolute Gasteiger partial charge is 0.493 e. The summed E-state index contributed by atoms with van der Waals surface area (Å²) < 4.78 is 10.6. The van der Waals surface area contributed by atoms with Crippen LogP contribution in [-0.2, 0) is 0 Å². The number of halogens is 1. The van der Waals surface area contributed by atoms with Crippen molar-refractivity contribution in [3.05, 3.63) is 22.7 Å². The van der Waals surface area contributed by atoms with Gasteiger partial charge in [-0.25, -0.2) is 0 Å². The molecule has 0 saturated heterocycles. The minimum atomic E-state index is -0.0523. The van der Waals surface area contributed by atoms with E-state index in [-0.39, 0.29) is 6.04 Å². The van der Waals surface area contributed by atoms with Gasteiger partial charge in [0, 0.05) is 17.1 Å². The first-order chi connectivity index (χ1) is 10.1. The summed E-state index contributed by atoms with van der Waals surface area (Å²) in [6.45, 7) is 2.23. The van der Waals surface area contributed by atoms with Crippen LogP contribution in [0, 0.1) is 0 Å². The fourth-order valence-corrected chi connectivity index (χ4v) is 2.75. The second-order valence-electron chi connectivity index (χ2n) is 5.39. The van der Waals surface area contributed by atoms with Gasteiger partial charge in [-0.1, -0.05) is 57.0 Å². The maximum atomic E-state index is 6.30. The SMILES string of the molecule is CCCCCCCCC(N)c1cc(OC)c(OC)cc1Cl. The summed E-state index contributed by atoms with van der Waals surface area (Å²) in [5.41, 5.74) is 7.20. The van der Waals surface area contributed by atoms with Gasteiger partial charge in [0.05, 0.1) is 14.2 Å². The smallest absolute Gasteiger partial charge is 0.162 e. The Morgan fingerprint density at radius 1 is 1.00 bits per heavy atom. The van der Waals surface area contributed by atoms with Gasteiger partial charge in [-0.05, 0) is 18.1 Å². The van der Waals surface area contributed by atoms with Gasteiger partial charge in [-0.3, -0.25) is 0 Å². The predicted octanol–water partition coefficient (Wildman–Crippen LogP) is 5.11. The van der Waals surface area contributed by atoms with Crippen LogP contribution >= 0.6 is 11.6 Å². The minimum Gasteiger partial charge on any atom is -0.493 e. The predicted molar refractivity (Wildman–Crippen MR) is 89.5 cm³/mol. The topological polar surface area (TPSA) is 44.5 Å². The standard InChI is InChI=1S/C17H28ClNO2/c1-4-5-6-7-8-9-10-15(19)13-11-16(20-2)17(21-3)12-14(13)18/h11-12,15H,4-10,19H2,1-3H3. The van der Waals surface area contributed by atoms with Gasteiger partial charge >= 0.3 is 0 Å². The number of nitrogens with two attached hydrogens (primary N) is 1. The Hall–Kier alpha value is -0.930. The number of methoxy groups -OCH3 is 2. The molecule has 0 heterocycles. The molecule has 3 nitrogen and oxygen atoms in total. The van der Waals surface area contributed by atoms with Gasteiger partial charge in [0.15, 0.2) is 11.5 Å². The van der Waals surface area contributed by atoms with Crippen LogP contribution in [0.4, 0.5) is 0 Å². The van der Waals surface area contributed by atoms with E-state index in [1.165, 1.54) is 32.1 Å². The van der Waals surface area contributed by atoms with Crippen molar-refractivity contribution in [1.29, 1.82) is 0 Å². The number of rotatable bonds is 10. The number of unbranched alkanes of at least 4 members (excludes halogenated alkanes) is 5. The third-order valence-electron chi connectivity index (χ3n) is 3.77. The van der Waals surface area contributed by atoms with Crippen molar-refractivity contribution < 1.29 is 9.47 Å². The van der Waals surface area contributed by atoms with E-state index >= 15 is 0 Å². The second kappa shape index (κ2) is 9.91. The van der Waals surface area contributed by atoms with Crippen LogP contribution in [0.3, 0.4) is 0 Å². The van der Waals surface area contributed by atoms with Crippen LogP contribution in [0.1, 0.15) is 63.5 Å². The van der Waals surface area contributed by atoms with Crippen LogP contribution < -0.4 is 15.2 Å². The molecule has 0 aliphatic rings. The number of hydrogen-bond acceptors (Lipinski definition) is 3. The molecule has 0 bridgehead atoms. The Bertz CT molecular complexity index is 423. The molecule has 0 aromatic heterocycles. The summed E-state index contributed by atoms with van der Waals surface area (Å²) in [5.74, 6) is 1.31. The molecule has 1 atom stereocenters. The lowest BCUT2D eigenvalue weighted by atomic mass is 10.00. The first-order valence-electron chi connectivity index (χ1n) is 7.81. The normalized spacial score (nSPS) is 12.2. The van der Waals surface area contributed by atoms with Gasteiger partial charge in [0.1, 0.15) is 0 Å². The van der Waals surface area contributed by atoms with Gasteiger partial charge < -0.3 is 15.2 Å². The van der Waals surface area contributed by atoms with E-state index in [9.17, 15) is 0 Å². The minimum absolute atomic E-state index is 0.0523. The fourth-order valence-electron chi connectivity index (χ4n) is 2.45. The Labute approximate surface area is 133 Å². The van der Waals surface area contributed by atoms with Crippen LogP contribution in [0.15, 0.2) is 12.1 Å². The molecule has 4 heteroatoms. The summed E-state index contributed by atoms with van der Waals surface area (Å²) >= 11 is 6.30. The Morgan fingerprint density at radius 3 is 2.19 bits per heavy atom. The summed E-state index contributed by atoms with van der Waals surface area (Å²) in [7, 11) is 3.22. The quantitative estimate of drug-likeness (QED) is 0.611. The molecule has 0 aliphatic carbocycles. The molecule has 0 amide bonds. The lowest BCUT2D eigenvalue weighted by molar-refractivity contribution is 0.354. The molecule has 120 valence electrons. The molecule has 1 rings (SSSR count). The highest BCUT2D eigenvalue weighted by Crippen LogP contribution is 2.36. The number of hydrogen-bond donors (Lipinski definition) is 1. The highest BCUT2D eigenvalue weighted by atomic mass is 35.5. The van der Waals surface area contributed by atoms with Crippen LogP contribution in [0.25, 0.3) is 0 Å². The molecule has 0 radical (unpaired) electrons. The molecular weight excluding hydrogens is 286 g/mol. The van der Waals surface area contributed by atoms with Crippen molar-refractivity contribution in [1.82, 2.24) is 0 Å². The van der Waals surface area contributed by atoms with E-state index in [2.05, 4.69) is 6.92 Å². The molecule has 1 aromatic rings. The van der Waals surface area contributed by atoms with Crippen molar-refractivity contribution in [2.75, 3.05) is 14.2 Å². The summed E-state index contributed by atoms with van der Waals surface area (Å²) in [4.78, 5) is 0. The zero-order chi connectivity index (χ0) is 15.7. The van der Waals surface area contributed by atoms with E-state index in [1.54, 1.807) is 20.3 Å². The third kappa shape index (κ3) is 5.76. The highest BCUT2D eigenvalue weighted by molar-refractivity contribution is 6.31.